The van der Waals surface area contributed by atoms with E-state index in [4.69, 9.17) is 4.84 Å². The Balaban J connectivity index is 1.81. The third-order valence-electron chi connectivity index (χ3n) is 3.22. The fourth-order valence-electron chi connectivity index (χ4n) is 2.28. The van der Waals surface area contributed by atoms with Gasteiger partial charge in [0.2, 0.25) is 0 Å². The van der Waals surface area contributed by atoms with Crippen molar-refractivity contribution < 1.29 is 9.94 Å². The van der Waals surface area contributed by atoms with Gasteiger partial charge in [0, 0.05) is 6.04 Å². The lowest BCUT2D eigenvalue weighted by molar-refractivity contribution is -0.149. The number of hydrogen-bond donors (Lipinski definition) is 1. The molecule has 0 aromatic heterocycles. The lowest BCUT2D eigenvalue weighted by Crippen LogP contribution is -2.35. The van der Waals surface area contributed by atoms with E-state index in [2.05, 4.69) is 6.92 Å². The summed E-state index contributed by atoms with van der Waals surface area (Å²) in [7, 11) is 0. The molecule has 13 heavy (non-hydrogen) atoms. The second kappa shape index (κ2) is 3.95. The normalized spacial score (nSPS) is 42.5. The van der Waals surface area contributed by atoms with Gasteiger partial charge in [-0.15, -0.1) is 0 Å². The van der Waals surface area contributed by atoms with Crippen molar-refractivity contribution in [2.24, 2.45) is 5.92 Å². The van der Waals surface area contributed by atoms with Gasteiger partial charge in [0.25, 0.3) is 0 Å². The summed E-state index contributed by atoms with van der Waals surface area (Å²) in [6.07, 6.45) is 4.81. The van der Waals surface area contributed by atoms with E-state index in [1.165, 1.54) is 25.7 Å². The molecule has 0 spiro atoms. The van der Waals surface area contributed by atoms with Crippen molar-refractivity contribution in [1.82, 2.24) is 5.06 Å². The van der Waals surface area contributed by atoms with Gasteiger partial charge >= 0.3 is 0 Å². The maximum atomic E-state index is 9.32. The van der Waals surface area contributed by atoms with Crippen molar-refractivity contribution in [1.29, 1.82) is 0 Å². The summed E-state index contributed by atoms with van der Waals surface area (Å²) in [5.74, 6) is 0.878. The van der Waals surface area contributed by atoms with Crippen LogP contribution in [0, 0.1) is 5.92 Å². The molecule has 1 heterocycles. The molecule has 2 fully saturated rings. The molecule has 2 aliphatic rings. The van der Waals surface area contributed by atoms with Gasteiger partial charge in [-0.2, -0.15) is 5.06 Å². The molecule has 2 rings (SSSR count). The molecule has 0 bridgehead atoms. The van der Waals surface area contributed by atoms with Gasteiger partial charge in [-0.1, -0.05) is 6.92 Å². The van der Waals surface area contributed by atoms with Gasteiger partial charge in [0.1, 0.15) is 0 Å². The molecule has 0 radical (unpaired) electrons. The molecular formula is C10H19NO2. The van der Waals surface area contributed by atoms with Gasteiger partial charge in [0.15, 0.2) is 0 Å². The van der Waals surface area contributed by atoms with Crippen LogP contribution in [0.4, 0.5) is 0 Å². The Morgan fingerprint density at radius 3 is 2.46 bits per heavy atom. The highest BCUT2D eigenvalue weighted by atomic mass is 16.7. The number of aliphatic hydroxyl groups excluding tert-OH is 1. The Morgan fingerprint density at radius 1 is 1.23 bits per heavy atom. The van der Waals surface area contributed by atoms with E-state index in [1.807, 2.05) is 5.06 Å². The Hall–Kier alpha value is -0.120. The summed E-state index contributed by atoms with van der Waals surface area (Å²) in [5, 5.41) is 11.3. The summed E-state index contributed by atoms with van der Waals surface area (Å²) >= 11 is 0. The average molecular weight is 185 g/mol. The Bertz CT molecular complexity index is 166. The van der Waals surface area contributed by atoms with Gasteiger partial charge in [-0.25, -0.2) is 0 Å². The zero-order valence-electron chi connectivity index (χ0n) is 8.28. The number of rotatable bonds is 1. The second-order valence-electron chi connectivity index (χ2n) is 4.46. The number of β-amino-alcohol motifs (C(OH)–C–C–N with tert-alkyl or cyclic N) is 1. The molecule has 1 atom stereocenters. The van der Waals surface area contributed by atoms with E-state index in [-0.39, 0.29) is 6.10 Å². The van der Waals surface area contributed by atoms with E-state index in [1.54, 1.807) is 0 Å². The monoisotopic (exact) mass is 185 g/mol. The van der Waals surface area contributed by atoms with E-state index in [0.29, 0.717) is 19.2 Å². The molecule has 76 valence electrons. The molecule has 1 saturated carbocycles. The molecule has 1 saturated heterocycles. The first kappa shape index (κ1) is 9.44. The molecule has 3 nitrogen and oxygen atoms in total. The van der Waals surface area contributed by atoms with Gasteiger partial charge in [-0.05, 0) is 31.6 Å². The highest BCUT2D eigenvalue weighted by Gasteiger charge is 2.30. The molecule has 0 aromatic carbocycles. The van der Waals surface area contributed by atoms with Crippen LogP contribution in [0.1, 0.15) is 32.6 Å². The SMILES string of the molecule is CC1CCC(N2C[C@@H](O)CO2)CC1. The zero-order valence-corrected chi connectivity index (χ0v) is 8.28. The molecule has 0 unspecified atom stereocenters. The smallest absolute Gasteiger partial charge is 0.0958 e. The van der Waals surface area contributed by atoms with E-state index >= 15 is 0 Å². The summed E-state index contributed by atoms with van der Waals surface area (Å²) in [6.45, 7) is 3.51. The molecule has 3 heteroatoms. The molecule has 0 aromatic rings. The summed E-state index contributed by atoms with van der Waals surface area (Å²) in [6, 6.07) is 0.563. The highest BCUT2D eigenvalue weighted by molar-refractivity contribution is 4.78. The maximum Gasteiger partial charge on any atom is 0.0958 e. The van der Waals surface area contributed by atoms with Crippen LogP contribution in [-0.2, 0) is 4.84 Å². The first-order chi connectivity index (χ1) is 6.25. The lowest BCUT2D eigenvalue weighted by Gasteiger charge is -2.31. The van der Waals surface area contributed by atoms with Crippen LogP contribution in [0.2, 0.25) is 0 Å². The van der Waals surface area contributed by atoms with Crippen molar-refractivity contribution in [2.45, 2.75) is 44.8 Å². The Morgan fingerprint density at radius 2 is 1.92 bits per heavy atom. The predicted octanol–water partition coefficient (Wildman–Crippen LogP) is 1.17. The third kappa shape index (κ3) is 2.22. The predicted molar refractivity (Wildman–Crippen MR) is 50.1 cm³/mol. The maximum absolute atomic E-state index is 9.32. The van der Waals surface area contributed by atoms with E-state index in [0.717, 1.165) is 5.92 Å². The molecule has 0 amide bonds. The van der Waals surface area contributed by atoms with Gasteiger partial charge in [-0.3, -0.25) is 4.84 Å². The minimum Gasteiger partial charge on any atom is -0.389 e. The zero-order chi connectivity index (χ0) is 9.26. The largest absolute Gasteiger partial charge is 0.389 e. The number of nitrogens with zero attached hydrogens (tertiary/aromatic N) is 1. The highest BCUT2D eigenvalue weighted by Crippen LogP contribution is 2.28. The quantitative estimate of drug-likeness (QED) is 0.665. The Kier molecular flexibility index (Phi) is 2.86. The Labute approximate surface area is 79.6 Å². The van der Waals surface area contributed by atoms with E-state index < -0.39 is 0 Å². The van der Waals surface area contributed by atoms with Crippen molar-refractivity contribution in [2.75, 3.05) is 13.2 Å². The fourth-order valence-corrected chi connectivity index (χ4v) is 2.28. The minimum atomic E-state index is -0.264. The van der Waals surface area contributed by atoms with Crippen LogP contribution in [-0.4, -0.2) is 35.5 Å². The second-order valence-corrected chi connectivity index (χ2v) is 4.46. The summed E-state index contributed by atoms with van der Waals surface area (Å²) in [4.78, 5) is 5.42. The molecule has 1 N–H and O–H groups in total. The van der Waals surface area contributed by atoms with Crippen LogP contribution < -0.4 is 0 Å². The molecule has 1 aliphatic carbocycles. The van der Waals surface area contributed by atoms with Crippen LogP contribution in [0.3, 0.4) is 0 Å². The van der Waals surface area contributed by atoms with Crippen LogP contribution >= 0.6 is 0 Å². The van der Waals surface area contributed by atoms with Crippen molar-refractivity contribution in [3.05, 3.63) is 0 Å². The first-order valence-electron chi connectivity index (χ1n) is 5.33. The third-order valence-corrected chi connectivity index (χ3v) is 3.22. The van der Waals surface area contributed by atoms with Gasteiger partial charge in [0.05, 0.1) is 19.3 Å². The van der Waals surface area contributed by atoms with Crippen LogP contribution in [0.15, 0.2) is 0 Å². The van der Waals surface area contributed by atoms with Gasteiger partial charge < -0.3 is 5.11 Å². The summed E-state index contributed by atoms with van der Waals surface area (Å²) < 4.78 is 0. The van der Waals surface area contributed by atoms with Crippen molar-refractivity contribution in [3.8, 4) is 0 Å². The number of hydroxylamine groups is 2. The lowest BCUT2D eigenvalue weighted by atomic mass is 9.87. The summed E-state index contributed by atoms with van der Waals surface area (Å²) in [5.41, 5.74) is 0. The number of hydrogen-bond acceptors (Lipinski definition) is 3. The number of aliphatic hydroxyl groups is 1. The molecular weight excluding hydrogens is 166 g/mol. The minimum absolute atomic E-state index is 0.264. The standard InChI is InChI=1S/C10H19NO2/c1-8-2-4-9(5-3-8)11-6-10(12)7-13-11/h8-10,12H,2-7H2,1H3/t8?,9?,10-/m1/s1. The van der Waals surface area contributed by atoms with E-state index in [9.17, 15) is 5.11 Å². The first-order valence-corrected chi connectivity index (χ1v) is 5.33. The average Bonchev–Trinajstić information content (AvgIpc) is 2.53. The fraction of sp³-hybridized carbons (Fsp3) is 1.00. The molecule has 1 aliphatic heterocycles. The topological polar surface area (TPSA) is 32.7 Å². The van der Waals surface area contributed by atoms with Crippen molar-refractivity contribution >= 4 is 0 Å². The van der Waals surface area contributed by atoms with Crippen LogP contribution in [0.5, 0.6) is 0 Å². The van der Waals surface area contributed by atoms with Crippen molar-refractivity contribution in [3.63, 3.8) is 0 Å². The van der Waals surface area contributed by atoms with Crippen LogP contribution in [0.25, 0.3) is 0 Å².